The van der Waals surface area contributed by atoms with Gasteiger partial charge in [-0.15, -0.1) is 0 Å². The van der Waals surface area contributed by atoms with Crippen molar-refractivity contribution in [1.29, 1.82) is 0 Å². The molecule has 0 aromatic heterocycles. The van der Waals surface area contributed by atoms with Gasteiger partial charge in [0.1, 0.15) is 0 Å². The summed E-state index contributed by atoms with van der Waals surface area (Å²) in [5.74, 6) is 1.29. The molecule has 0 aliphatic heterocycles. The molecule has 0 saturated carbocycles. The van der Waals surface area contributed by atoms with Crippen LogP contribution in [0.2, 0.25) is 0 Å². The molecule has 0 aliphatic carbocycles. The van der Waals surface area contributed by atoms with Crippen molar-refractivity contribution in [3.8, 4) is 11.5 Å². The SMILES string of the molecule is COc1ccc(/C(N)=C(/C(C)=O)C(C)C)cc1OC.[HH]. The molecular formula is C15H23NO3. The molecular weight excluding hydrogens is 242 g/mol. The van der Waals surface area contributed by atoms with Crippen LogP contribution in [0.1, 0.15) is 27.8 Å². The summed E-state index contributed by atoms with van der Waals surface area (Å²) in [6.45, 7) is 5.43. The van der Waals surface area contributed by atoms with E-state index in [0.717, 1.165) is 5.56 Å². The number of ketones is 1. The third-order valence-corrected chi connectivity index (χ3v) is 2.94. The summed E-state index contributed by atoms with van der Waals surface area (Å²) in [6.07, 6.45) is 0. The first-order chi connectivity index (χ1) is 8.92. The number of allylic oxidation sites excluding steroid dienone is 1. The quantitative estimate of drug-likeness (QED) is 0.832. The molecule has 1 rings (SSSR count). The Labute approximate surface area is 115 Å². The van der Waals surface area contributed by atoms with Crippen molar-refractivity contribution in [2.75, 3.05) is 14.2 Å². The van der Waals surface area contributed by atoms with Crippen molar-refractivity contribution in [3.63, 3.8) is 0 Å². The second kappa shape index (κ2) is 6.27. The van der Waals surface area contributed by atoms with E-state index in [-0.39, 0.29) is 13.1 Å². The Morgan fingerprint density at radius 3 is 2.21 bits per heavy atom. The molecule has 0 bridgehead atoms. The van der Waals surface area contributed by atoms with Gasteiger partial charge < -0.3 is 15.2 Å². The van der Waals surface area contributed by atoms with E-state index in [1.165, 1.54) is 6.92 Å². The second-order valence-electron chi connectivity index (χ2n) is 4.61. The van der Waals surface area contributed by atoms with Gasteiger partial charge in [0.05, 0.1) is 14.2 Å². The number of hydrogen-bond acceptors (Lipinski definition) is 4. The van der Waals surface area contributed by atoms with E-state index in [9.17, 15) is 4.79 Å². The summed E-state index contributed by atoms with van der Waals surface area (Å²) in [4.78, 5) is 11.7. The molecule has 0 spiro atoms. The summed E-state index contributed by atoms with van der Waals surface area (Å²) in [5.41, 5.74) is 8.00. The average Bonchev–Trinajstić information content (AvgIpc) is 2.36. The van der Waals surface area contributed by atoms with Gasteiger partial charge in [0.25, 0.3) is 0 Å². The Balaban J connectivity index is 0.00000361. The lowest BCUT2D eigenvalue weighted by Gasteiger charge is -2.14. The zero-order valence-electron chi connectivity index (χ0n) is 12.1. The van der Waals surface area contributed by atoms with Gasteiger partial charge in [-0.3, -0.25) is 4.79 Å². The third kappa shape index (κ3) is 3.28. The number of nitrogens with two attached hydrogens (primary N) is 1. The molecule has 19 heavy (non-hydrogen) atoms. The smallest absolute Gasteiger partial charge is 0.161 e. The lowest BCUT2D eigenvalue weighted by Crippen LogP contribution is -2.12. The minimum Gasteiger partial charge on any atom is -0.493 e. The highest BCUT2D eigenvalue weighted by atomic mass is 16.5. The lowest BCUT2D eigenvalue weighted by molar-refractivity contribution is -0.113. The fourth-order valence-corrected chi connectivity index (χ4v) is 2.07. The van der Waals surface area contributed by atoms with Crippen molar-refractivity contribution in [2.45, 2.75) is 20.8 Å². The van der Waals surface area contributed by atoms with Gasteiger partial charge in [-0.2, -0.15) is 0 Å². The summed E-state index contributed by atoms with van der Waals surface area (Å²) in [7, 11) is 3.14. The van der Waals surface area contributed by atoms with Gasteiger partial charge in [-0.05, 0) is 31.0 Å². The third-order valence-electron chi connectivity index (χ3n) is 2.94. The number of carbonyl (C=O) groups is 1. The molecule has 0 amide bonds. The second-order valence-corrected chi connectivity index (χ2v) is 4.61. The van der Waals surface area contributed by atoms with E-state index >= 15 is 0 Å². The van der Waals surface area contributed by atoms with Crippen LogP contribution in [0, 0.1) is 5.92 Å². The Hall–Kier alpha value is -1.97. The highest BCUT2D eigenvalue weighted by molar-refractivity contribution is 6.01. The van der Waals surface area contributed by atoms with E-state index in [0.29, 0.717) is 22.8 Å². The normalized spacial score (nSPS) is 12.1. The van der Waals surface area contributed by atoms with Crippen molar-refractivity contribution in [1.82, 2.24) is 0 Å². The van der Waals surface area contributed by atoms with Gasteiger partial charge in [0.2, 0.25) is 0 Å². The average molecular weight is 265 g/mol. The van der Waals surface area contributed by atoms with Gasteiger partial charge in [-0.25, -0.2) is 0 Å². The largest absolute Gasteiger partial charge is 0.493 e. The van der Waals surface area contributed by atoms with Gasteiger partial charge in [0.15, 0.2) is 17.3 Å². The maximum atomic E-state index is 11.7. The summed E-state index contributed by atoms with van der Waals surface area (Å²) in [6, 6.07) is 5.38. The van der Waals surface area contributed by atoms with Crippen molar-refractivity contribution in [3.05, 3.63) is 29.3 Å². The van der Waals surface area contributed by atoms with Crippen LogP contribution in [0.25, 0.3) is 5.70 Å². The van der Waals surface area contributed by atoms with Crippen LogP contribution in [0.4, 0.5) is 0 Å². The maximum absolute atomic E-state index is 11.7. The molecule has 4 nitrogen and oxygen atoms in total. The van der Waals surface area contributed by atoms with Gasteiger partial charge >= 0.3 is 0 Å². The number of benzene rings is 1. The van der Waals surface area contributed by atoms with E-state index in [4.69, 9.17) is 15.2 Å². The Morgan fingerprint density at radius 1 is 1.21 bits per heavy atom. The Kier molecular flexibility index (Phi) is 4.98. The summed E-state index contributed by atoms with van der Waals surface area (Å²) < 4.78 is 10.4. The molecule has 0 fully saturated rings. The molecule has 1 aromatic rings. The predicted molar refractivity (Wildman–Crippen MR) is 78.3 cm³/mol. The zero-order valence-corrected chi connectivity index (χ0v) is 12.1. The molecule has 0 aliphatic rings. The standard InChI is InChI=1S/C15H21NO3.H2/c1-9(2)14(10(3)17)15(16)11-6-7-12(18-4)13(8-11)19-5;/h6-9H,16H2,1-5H3;1H/b15-14-;. The van der Waals surface area contributed by atoms with E-state index in [1.807, 2.05) is 19.9 Å². The zero-order chi connectivity index (χ0) is 14.6. The Morgan fingerprint density at radius 2 is 1.79 bits per heavy atom. The van der Waals surface area contributed by atoms with E-state index in [2.05, 4.69) is 0 Å². The van der Waals surface area contributed by atoms with Crippen LogP contribution in [0.15, 0.2) is 23.8 Å². The first kappa shape index (κ1) is 15.1. The first-order valence-electron chi connectivity index (χ1n) is 6.15. The molecule has 4 heteroatoms. The van der Waals surface area contributed by atoms with E-state index < -0.39 is 0 Å². The minimum atomic E-state index is -0.0118. The molecule has 106 valence electrons. The van der Waals surface area contributed by atoms with Crippen LogP contribution in [-0.2, 0) is 4.79 Å². The number of methoxy groups -OCH3 is 2. The fourth-order valence-electron chi connectivity index (χ4n) is 2.07. The fraction of sp³-hybridized carbons (Fsp3) is 0.400. The highest BCUT2D eigenvalue weighted by Gasteiger charge is 2.16. The molecule has 0 unspecified atom stereocenters. The van der Waals surface area contributed by atoms with Crippen molar-refractivity contribution >= 4 is 11.5 Å². The Bertz CT molecular complexity index is 510. The maximum Gasteiger partial charge on any atom is 0.161 e. The topological polar surface area (TPSA) is 61.5 Å². The molecule has 2 N–H and O–H groups in total. The number of carbonyl (C=O) groups excluding carboxylic acids is 1. The number of rotatable bonds is 5. The molecule has 0 heterocycles. The van der Waals surface area contributed by atoms with Gasteiger partial charge in [0, 0.05) is 18.3 Å². The number of hydrogen-bond donors (Lipinski definition) is 1. The number of ether oxygens (including phenoxy) is 2. The monoisotopic (exact) mass is 265 g/mol. The molecule has 1 aromatic carbocycles. The predicted octanol–water partition coefficient (Wildman–Crippen LogP) is 2.86. The summed E-state index contributed by atoms with van der Waals surface area (Å²) in [5, 5.41) is 0. The van der Waals surface area contributed by atoms with E-state index in [1.54, 1.807) is 26.4 Å². The van der Waals surface area contributed by atoms with Crippen LogP contribution in [0.3, 0.4) is 0 Å². The number of Topliss-reactive ketones (excluding diaryl/α,β-unsaturated/α-hetero) is 1. The molecule has 0 atom stereocenters. The highest BCUT2D eigenvalue weighted by Crippen LogP contribution is 2.31. The van der Waals surface area contributed by atoms with Crippen LogP contribution >= 0.6 is 0 Å². The first-order valence-corrected chi connectivity index (χ1v) is 6.15. The van der Waals surface area contributed by atoms with Crippen molar-refractivity contribution < 1.29 is 15.7 Å². The molecule has 0 saturated heterocycles. The van der Waals surface area contributed by atoms with Crippen molar-refractivity contribution in [2.24, 2.45) is 11.7 Å². The lowest BCUT2D eigenvalue weighted by atomic mass is 9.94. The molecule has 0 radical (unpaired) electrons. The van der Waals surface area contributed by atoms with Gasteiger partial charge in [-0.1, -0.05) is 13.8 Å². The van der Waals surface area contributed by atoms with Crippen LogP contribution < -0.4 is 15.2 Å². The summed E-state index contributed by atoms with van der Waals surface area (Å²) >= 11 is 0. The van der Waals surface area contributed by atoms with Crippen LogP contribution in [-0.4, -0.2) is 20.0 Å². The van der Waals surface area contributed by atoms with Crippen LogP contribution in [0.5, 0.6) is 11.5 Å². The minimum absolute atomic E-state index is 0.